The van der Waals surface area contributed by atoms with Crippen LogP contribution in [0.15, 0.2) is 24.3 Å². The molecule has 2 fully saturated rings. The van der Waals surface area contributed by atoms with E-state index in [1.54, 1.807) is 19.0 Å². The number of amides is 2. The Morgan fingerprint density at radius 1 is 1.04 bits per heavy atom. The molecule has 2 aliphatic rings. The van der Waals surface area contributed by atoms with Gasteiger partial charge in [-0.2, -0.15) is 0 Å². The van der Waals surface area contributed by atoms with Crippen molar-refractivity contribution >= 4 is 17.5 Å². The summed E-state index contributed by atoms with van der Waals surface area (Å²) >= 11 is 0. The fraction of sp³-hybridized carbons (Fsp3) is 0.636. The number of hydrogen-bond acceptors (Lipinski definition) is 3. The summed E-state index contributed by atoms with van der Waals surface area (Å²) in [5, 5.41) is 3.17. The number of rotatable bonds is 4. The molecule has 1 heterocycles. The molecule has 5 nitrogen and oxygen atoms in total. The molecule has 1 N–H and O–H groups in total. The van der Waals surface area contributed by atoms with Crippen molar-refractivity contribution in [2.45, 2.75) is 51.5 Å². The minimum atomic E-state index is -0.122. The molecule has 2 amide bonds. The molecule has 0 spiro atoms. The molecule has 3 rings (SSSR count). The number of carbonyl (C=O) groups is 2. The molecule has 27 heavy (non-hydrogen) atoms. The largest absolute Gasteiger partial charge is 0.371 e. The number of piperidine rings is 1. The van der Waals surface area contributed by atoms with Crippen molar-refractivity contribution in [3.05, 3.63) is 29.8 Å². The first-order valence-corrected chi connectivity index (χ1v) is 10.0. The third kappa shape index (κ3) is 4.63. The van der Waals surface area contributed by atoms with Gasteiger partial charge in [-0.3, -0.25) is 9.59 Å². The Balaban J connectivity index is 1.47. The van der Waals surface area contributed by atoms with Gasteiger partial charge in [-0.15, -0.1) is 0 Å². The highest BCUT2D eigenvalue weighted by Gasteiger charge is 2.48. The van der Waals surface area contributed by atoms with Gasteiger partial charge in [0.2, 0.25) is 11.8 Å². The predicted octanol–water partition coefficient (Wildman–Crippen LogP) is 2.79. The van der Waals surface area contributed by atoms with Gasteiger partial charge in [0.05, 0.1) is 11.8 Å². The Labute approximate surface area is 163 Å². The van der Waals surface area contributed by atoms with Crippen LogP contribution in [-0.4, -0.2) is 49.9 Å². The zero-order valence-corrected chi connectivity index (χ0v) is 17.3. The lowest BCUT2D eigenvalue weighted by atomic mass is 9.87. The van der Waals surface area contributed by atoms with Crippen LogP contribution >= 0.6 is 0 Å². The van der Waals surface area contributed by atoms with Crippen LogP contribution in [-0.2, 0) is 15.0 Å². The van der Waals surface area contributed by atoms with E-state index in [-0.39, 0.29) is 35.1 Å². The molecular formula is C22H33N3O2. The van der Waals surface area contributed by atoms with Crippen LogP contribution in [0.2, 0.25) is 0 Å². The Hall–Kier alpha value is -2.04. The van der Waals surface area contributed by atoms with Crippen LogP contribution in [0.25, 0.3) is 0 Å². The first kappa shape index (κ1) is 19.7. The minimum Gasteiger partial charge on any atom is -0.371 e. The fourth-order valence-corrected chi connectivity index (χ4v) is 3.85. The van der Waals surface area contributed by atoms with Crippen molar-refractivity contribution in [3.8, 4) is 0 Å². The van der Waals surface area contributed by atoms with Gasteiger partial charge in [0.1, 0.15) is 0 Å². The maximum atomic E-state index is 12.4. The van der Waals surface area contributed by atoms with E-state index in [2.05, 4.69) is 55.3 Å². The van der Waals surface area contributed by atoms with Crippen LogP contribution in [0.5, 0.6) is 0 Å². The third-order valence-corrected chi connectivity index (χ3v) is 5.82. The van der Waals surface area contributed by atoms with E-state index in [0.29, 0.717) is 6.42 Å². The number of nitrogens with one attached hydrogen (secondary N) is 1. The first-order chi connectivity index (χ1) is 12.7. The van der Waals surface area contributed by atoms with Crippen LogP contribution in [0, 0.1) is 11.8 Å². The van der Waals surface area contributed by atoms with Crippen molar-refractivity contribution in [3.63, 3.8) is 0 Å². The van der Waals surface area contributed by atoms with Crippen LogP contribution in [0.4, 0.5) is 5.69 Å². The Bertz CT molecular complexity index is 683. The molecule has 148 valence electrons. The quantitative estimate of drug-likeness (QED) is 0.885. The van der Waals surface area contributed by atoms with Crippen molar-refractivity contribution in [2.24, 2.45) is 11.8 Å². The number of benzene rings is 1. The lowest BCUT2D eigenvalue weighted by Crippen LogP contribution is -2.45. The van der Waals surface area contributed by atoms with E-state index in [0.717, 1.165) is 25.9 Å². The maximum Gasteiger partial charge on any atom is 0.225 e. The van der Waals surface area contributed by atoms with Gasteiger partial charge >= 0.3 is 0 Å². The first-order valence-electron chi connectivity index (χ1n) is 10.0. The summed E-state index contributed by atoms with van der Waals surface area (Å²) < 4.78 is 0. The highest BCUT2D eigenvalue weighted by molar-refractivity contribution is 5.92. The molecule has 5 heteroatoms. The van der Waals surface area contributed by atoms with E-state index in [1.807, 2.05) is 0 Å². The summed E-state index contributed by atoms with van der Waals surface area (Å²) in [6.45, 7) is 8.58. The van der Waals surface area contributed by atoms with E-state index in [4.69, 9.17) is 0 Å². The molecule has 2 atom stereocenters. The molecule has 0 aromatic heterocycles. The highest BCUT2D eigenvalue weighted by atomic mass is 16.2. The second-order valence-electron chi connectivity index (χ2n) is 9.25. The average molecular weight is 372 g/mol. The maximum absolute atomic E-state index is 12.4. The topological polar surface area (TPSA) is 52.7 Å². The summed E-state index contributed by atoms with van der Waals surface area (Å²) in [6.07, 6.45) is 2.60. The van der Waals surface area contributed by atoms with Crippen LogP contribution in [0.1, 0.15) is 45.6 Å². The Kier molecular flexibility index (Phi) is 5.50. The number of anilines is 1. The van der Waals surface area contributed by atoms with Gasteiger partial charge in [-0.1, -0.05) is 32.9 Å². The van der Waals surface area contributed by atoms with Gasteiger partial charge in [-0.05, 0) is 42.4 Å². The smallest absolute Gasteiger partial charge is 0.225 e. The van der Waals surface area contributed by atoms with Crippen LogP contribution < -0.4 is 10.2 Å². The lowest BCUT2D eigenvalue weighted by molar-refractivity contribution is -0.132. The van der Waals surface area contributed by atoms with E-state index >= 15 is 0 Å². The molecule has 1 saturated heterocycles. The van der Waals surface area contributed by atoms with Gasteiger partial charge in [0, 0.05) is 38.9 Å². The molecule has 0 unspecified atom stereocenters. The van der Waals surface area contributed by atoms with Crippen LogP contribution in [0.3, 0.4) is 0 Å². The lowest BCUT2D eigenvalue weighted by Gasteiger charge is -2.34. The minimum absolute atomic E-state index is 0.0585. The SMILES string of the molecule is CN(C)C(=O)[C@@H]1C[C@@H]1C(=O)NC1CCN(c2ccc(C(C)(C)C)cc2)CC1. The summed E-state index contributed by atoms with van der Waals surface area (Å²) in [5.74, 6) is -0.101. The van der Waals surface area contributed by atoms with Crippen molar-refractivity contribution in [2.75, 3.05) is 32.1 Å². The number of carbonyl (C=O) groups excluding carboxylic acids is 2. The average Bonchev–Trinajstić information content (AvgIpc) is 3.42. The number of hydrogen-bond donors (Lipinski definition) is 1. The molecule has 1 aromatic rings. The second kappa shape index (κ2) is 7.53. The Morgan fingerprint density at radius 2 is 1.63 bits per heavy atom. The molecule has 0 bridgehead atoms. The standard InChI is InChI=1S/C22H33N3O2/c1-22(2,3)15-6-8-17(9-7-15)25-12-10-16(11-13-25)23-20(26)18-14-19(18)21(27)24(4)5/h6-9,16,18-19H,10-14H2,1-5H3,(H,23,26)/t18-,19+/m0/s1. The summed E-state index contributed by atoms with van der Waals surface area (Å²) in [4.78, 5) is 28.3. The third-order valence-electron chi connectivity index (χ3n) is 5.82. The van der Waals surface area contributed by atoms with Crippen molar-refractivity contribution < 1.29 is 9.59 Å². The van der Waals surface area contributed by atoms with Crippen molar-refractivity contribution in [1.29, 1.82) is 0 Å². The van der Waals surface area contributed by atoms with E-state index < -0.39 is 0 Å². The molecule has 1 saturated carbocycles. The fourth-order valence-electron chi connectivity index (χ4n) is 3.85. The zero-order chi connectivity index (χ0) is 19.8. The summed E-state index contributed by atoms with van der Waals surface area (Å²) in [6, 6.07) is 9.08. The Morgan fingerprint density at radius 3 is 2.15 bits per heavy atom. The summed E-state index contributed by atoms with van der Waals surface area (Å²) in [7, 11) is 3.50. The van der Waals surface area contributed by atoms with E-state index in [1.165, 1.54) is 11.3 Å². The molecule has 1 aliphatic carbocycles. The molecular weight excluding hydrogens is 338 g/mol. The molecule has 1 aliphatic heterocycles. The monoisotopic (exact) mass is 371 g/mol. The van der Waals surface area contributed by atoms with Gasteiger partial charge in [-0.25, -0.2) is 0 Å². The van der Waals surface area contributed by atoms with Gasteiger partial charge in [0.15, 0.2) is 0 Å². The normalized spacial score (nSPS) is 23.1. The summed E-state index contributed by atoms with van der Waals surface area (Å²) in [5.41, 5.74) is 2.77. The molecule has 0 radical (unpaired) electrons. The molecule has 1 aromatic carbocycles. The van der Waals surface area contributed by atoms with E-state index in [9.17, 15) is 9.59 Å². The van der Waals surface area contributed by atoms with Gasteiger partial charge < -0.3 is 15.1 Å². The predicted molar refractivity (Wildman–Crippen MR) is 109 cm³/mol. The second-order valence-corrected chi connectivity index (χ2v) is 9.25. The number of nitrogens with zero attached hydrogens (tertiary/aromatic N) is 2. The highest BCUT2D eigenvalue weighted by Crippen LogP contribution is 2.40. The van der Waals surface area contributed by atoms with Gasteiger partial charge in [0.25, 0.3) is 0 Å². The zero-order valence-electron chi connectivity index (χ0n) is 17.3. The van der Waals surface area contributed by atoms with Crippen molar-refractivity contribution in [1.82, 2.24) is 10.2 Å².